The van der Waals surface area contributed by atoms with Crippen LogP contribution in [0.2, 0.25) is 0 Å². The van der Waals surface area contributed by atoms with Crippen LogP contribution in [-0.2, 0) is 11.3 Å². The van der Waals surface area contributed by atoms with Gasteiger partial charge >= 0.3 is 6.09 Å². The SMILES string of the molecule is CN1CCN(CCCOC(=O)Nc2cccc(CO)c2)CC1. The fourth-order valence-electron chi connectivity index (χ4n) is 2.43. The number of nitrogens with one attached hydrogen (secondary N) is 1. The summed E-state index contributed by atoms with van der Waals surface area (Å²) in [6, 6.07) is 7.08. The van der Waals surface area contributed by atoms with E-state index in [9.17, 15) is 4.79 Å². The first-order valence-corrected chi connectivity index (χ1v) is 7.72. The van der Waals surface area contributed by atoms with Crippen molar-refractivity contribution in [2.45, 2.75) is 13.0 Å². The summed E-state index contributed by atoms with van der Waals surface area (Å²) in [7, 11) is 2.14. The number of nitrogens with zero attached hydrogens (tertiary/aromatic N) is 2. The summed E-state index contributed by atoms with van der Waals surface area (Å²) in [4.78, 5) is 16.4. The maximum atomic E-state index is 11.7. The van der Waals surface area contributed by atoms with Crippen LogP contribution in [0.3, 0.4) is 0 Å². The number of carbonyl (C=O) groups is 1. The van der Waals surface area contributed by atoms with Crippen LogP contribution in [0.5, 0.6) is 0 Å². The molecule has 6 nitrogen and oxygen atoms in total. The number of ether oxygens (including phenoxy) is 1. The van der Waals surface area contributed by atoms with Crippen LogP contribution in [0.4, 0.5) is 10.5 Å². The van der Waals surface area contributed by atoms with E-state index in [1.807, 2.05) is 0 Å². The van der Waals surface area contributed by atoms with Gasteiger partial charge in [-0.25, -0.2) is 4.79 Å². The van der Waals surface area contributed by atoms with E-state index >= 15 is 0 Å². The first-order valence-electron chi connectivity index (χ1n) is 7.72. The highest BCUT2D eigenvalue weighted by Crippen LogP contribution is 2.11. The van der Waals surface area contributed by atoms with E-state index < -0.39 is 6.09 Å². The molecule has 0 spiro atoms. The second-order valence-electron chi connectivity index (χ2n) is 5.62. The number of carbonyl (C=O) groups excluding carboxylic acids is 1. The lowest BCUT2D eigenvalue weighted by molar-refractivity contribution is 0.130. The number of likely N-dealkylation sites (N-methyl/N-ethyl adjacent to an activating group) is 1. The van der Waals surface area contributed by atoms with E-state index in [2.05, 4.69) is 22.2 Å². The van der Waals surface area contributed by atoms with E-state index in [1.54, 1.807) is 24.3 Å². The van der Waals surface area contributed by atoms with Crippen molar-refractivity contribution >= 4 is 11.8 Å². The van der Waals surface area contributed by atoms with Crippen LogP contribution in [0, 0.1) is 0 Å². The molecular weight excluding hydrogens is 282 g/mol. The summed E-state index contributed by atoms with van der Waals surface area (Å²) in [5.41, 5.74) is 1.39. The molecule has 0 atom stereocenters. The van der Waals surface area contributed by atoms with Gasteiger partial charge in [-0.3, -0.25) is 5.32 Å². The number of hydrogen-bond donors (Lipinski definition) is 2. The average molecular weight is 307 g/mol. The monoisotopic (exact) mass is 307 g/mol. The molecule has 1 heterocycles. The number of anilines is 1. The lowest BCUT2D eigenvalue weighted by Crippen LogP contribution is -2.44. The summed E-state index contributed by atoms with van der Waals surface area (Å²) in [5, 5.41) is 11.7. The van der Waals surface area contributed by atoms with E-state index in [0.29, 0.717) is 12.3 Å². The second kappa shape index (κ2) is 8.73. The summed E-state index contributed by atoms with van der Waals surface area (Å²) < 4.78 is 5.18. The van der Waals surface area contributed by atoms with Crippen molar-refractivity contribution in [1.82, 2.24) is 9.80 Å². The summed E-state index contributed by atoms with van der Waals surface area (Å²) in [5.74, 6) is 0. The molecule has 0 aliphatic carbocycles. The normalized spacial score (nSPS) is 16.5. The van der Waals surface area contributed by atoms with Gasteiger partial charge < -0.3 is 19.6 Å². The maximum Gasteiger partial charge on any atom is 0.411 e. The zero-order valence-corrected chi connectivity index (χ0v) is 13.1. The van der Waals surface area contributed by atoms with Crippen molar-refractivity contribution in [2.24, 2.45) is 0 Å². The summed E-state index contributed by atoms with van der Waals surface area (Å²) in [6.07, 6.45) is 0.391. The minimum atomic E-state index is -0.450. The van der Waals surface area contributed by atoms with Crippen molar-refractivity contribution in [1.29, 1.82) is 0 Å². The summed E-state index contributed by atoms with van der Waals surface area (Å²) in [6.45, 7) is 5.69. The molecule has 1 amide bonds. The molecule has 0 saturated carbocycles. The Morgan fingerprint density at radius 1 is 1.32 bits per heavy atom. The predicted molar refractivity (Wildman–Crippen MR) is 85.9 cm³/mol. The van der Waals surface area contributed by atoms with Crippen molar-refractivity contribution in [3.63, 3.8) is 0 Å². The van der Waals surface area contributed by atoms with E-state index in [-0.39, 0.29) is 6.61 Å². The standard InChI is InChI=1S/C16H25N3O3/c1-18-7-9-19(10-8-18)6-3-11-22-16(21)17-15-5-2-4-14(12-15)13-20/h2,4-5,12,20H,3,6-11,13H2,1H3,(H,17,21). The van der Waals surface area contributed by atoms with Gasteiger partial charge in [0.15, 0.2) is 0 Å². The summed E-state index contributed by atoms with van der Waals surface area (Å²) >= 11 is 0. The molecule has 1 aliphatic rings. The predicted octanol–water partition coefficient (Wildman–Crippen LogP) is 1.36. The Labute approximate surface area is 131 Å². The van der Waals surface area contributed by atoms with E-state index in [4.69, 9.17) is 9.84 Å². The van der Waals surface area contributed by atoms with Crippen LogP contribution < -0.4 is 5.32 Å². The van der Waals surface area contributed by atoms with Gasteiger partial charge in [0.05, 0.1) is 13.2 Å². The van der Waals surface area contributed by atoms with Crippen LogP contribution >= 0.6 is 0 Å². The number of hydrogen-bond acceptors (Lipinski definition) is 5. The first kappa shape index (κ1) is 16.7. The fraction of sp³-hybridized carbons (Fsp3) is 0.562. The third-order valence-electron chi connectivity index (χ3n) is 3.80. The van der Waals surface area contributed by atoms with Gasteiger partial charge in [-0.05, 0) is 31.2 Å². The number of aliphatic hydroxyl groups excluding tert-OH is 1. The highest BCUT2D eigenvalue weighted by molar-refractivity contribution is 5.84. The molecule has 1 aliphatic heterocycles. The van der Waals surface area contributed by atoms with Crippen molar-refractivity contribution in [3.05, 3.63) is 29.8 Å². The zero-order valence-electron chi connectivity index (χ0n) is 13.1. The van der Waals surface area contributed by atoms with Gasteiger partial charge in [-0.15, -0.1) is 0 Å². The van der Waals surface area contributed by atoms with Gasteiger partial charge in [-0.2, -0.15) is 0 Å². The molecule has 22 heavy (non-hydrogen) atoms. The molecule has 1 fully saturated rings. The average Bonchev–Trinajstić information content (AvgIpc) is 2.53. The Kier molecular flexibility index (Phi) is 6.64. The largest absolute Gasteiger partial charge is 0.449 e. The molecule has 0 bridgehead atoms. The molecule has 6 heteroatoms. The molecule has 0 radical (unpaired) electrons. The number of amides is 1. The van der Waals surface area contributed by atoms with Crippen LogP contribution in [0.15, 0.2) is 24.3 Å². The molecule has 0 unspecified atom stereocenters. The maximum absolute atomic E-state index is 11.7. The highest BCUT2D eigenvalue weighted by atomic mass is 16.5. The Hall–Kier alpha value is -1.63. The minimum absolute atomic E-state index is 0.0460. The number of benzene rings is 1. The van der Waals surface area contributed by atoms with Crippen molar-refractivity contribution in [3.8, 4) is 0 Å². The highest BCUT2D eigenvalue weighted by Gasteiger charge is 2.13. The smallest absolute Gasteiger partial charge is 0.411 e. The minimum Gasteiger partial charge on any atom is -0.449 e. The first-order chi connectivity index (χ1) is 10.7. The molecule has 1 saturated heterocycles. The zero-order chi connectivity index (χ0) is 15.8. The van der Waals surface area contributed by atoms with E-state index in [1.165, 1.54) is 0 Å². The van der Waals surface area contributed by atoms with Crippen LogP contribution in [0.25, 0.3) is 0 Å². The topological polar surface area (TPSA) is 65.0 Å². The number of piperazine rings is 1. The molecule has 122 valence electrons. The molecule has 1 aromatic rings. The van der Waals surface area contributed by atoms with Gasteiger partial charge in [0.2, 0.25) is 0 Å². The van der Waals surface area contributed by atoms with Gasteiger partial charge in [0.25, 0.3) is 0 Å². The van der Waals surface area contributed by atoms with Crippen molar-refractivity contribution in [2.75, 3.05) is 51.7 Å². The lowest BCUT2D eigenvalue weighted by atomic mass is 10.2. The Morgan fingerprint density at radius 2 is 2.09 bits per heavy atom. The molecule has 2 rings (SSSR count). The molecule has 0 aromatic heterocycles. The molecule has 2 N–H and O–H groups in total. The van der Waals surface area contributed by atoms with Crippen LogP contribution in [-0.4, -0.2) is 67.4 Å². The fourth-order valence-corrected chi connectivity index (χ4v) is 2.43. The van der Waals surface area contributed by atoms with E-state index in [0.717, 1.165) is 44.7 Å². The van der Waals surface area contributed by atoms with Crippen LogP contribution in [0.1, 0.15) is 12.0 Å². The number of rotatable bonds is 6. The molecular formula is C16H25N3O3. The van der Waals surface area contributed by atoms with Gasteiger partial charge in [-0.1, -0.05) is 12.1 Å². The van der Waals surface area contributed by atoms with Gasteiger partial charge in [0.1, 0.15) is 0 Å². The van der Waals surface area contributed by atoms with Crippen molar-refractivity contribution < 1.29 is 14.6 Å². The second-order valence-corrected chi connectivity index (χ2v) is 5.62. The van der Waals surface area contributed by atoms with Gasteiger partial charge in [0, 0.05) is 38.4 Å². The lowest BCUT2D eigenvalue weighted by Gasteiger charge is -2.32. The quantitative estimate of drug-likeness (QED) is 0.777. The Bertz CT molecular complexity index is 473. The third-order valence-corrected chi connectivity index (χ3v) is 3.80. The molecule has 1 aromatic carbocycles. The Morgan fingerprint density at radius 3 is 2.82 bits per heavy atom. The number of aliphatic hydroxyl groups is 1. The third kappa shape index (κ3) is 5.63. The Balaban J connectivity index is 1.61.